The number of fused-ring (bicyclic) bond motifs is 6. The fraction of sp³-hybridized carbons (Fsp3) is 0.140. The Balaban J connectivity index is 1.16. The zero-order chi connectivity index (χ0) is 30.6. The van der Waals surface area contributed by atoms with Crippen molar-refractivity contribution < 1.29 is 0 Å². The Morgan fingerprint density at radius 2 is 1.30 bits per heavy atom. The Morgan fingerprint density at radius 1 is 0.587 bits per heavy atom. The highest BCUT2D eigenvalue weighted by Gasteiger charge is 2.23. The van der Waals surface area contributed by atoms with Gasteiger partial charge in [0.05, 0.1) is 28.4 Å². The molecule has 2 aromatic heterocycles. The molecule has 5 aromatic carbocycles. The average molecular weight is 592 g/mol. The second kappa shape index (κ2) is 10.8. The van der Waals surface area contributed by atoms with Gasteiger partial charge in [-0.3, -0.25) is 0 Å². The van der Waals surface area contributed by atoms with E-state index in [9.17, 15) is 5.26 Å². The quantitative estimate of drug-likeness (QED) is 0.200. The van der Waals surface area contributed by atoms with Gasteiger partial charge in [0.25, 0.3) is 0 Å². The molecule has 0 atom stereocenters. The summed E-state index contributed by atoms with van der Waals surface area (Å²) >= 11 is 0. The molecule has 0 saturated heterocycles. The number of rotatable bonds is 4. The predicted molar refractivity (Wildman–Crippen MR) is 190 cm³/mol. The number of nitrogens with zero attached hydrogens (tertiary/aromatic N) is 3. The van der Waals surface area contributed by atoms with Gasteiger partial charge in [-0.1, -0.05) is 78.9 Å². The van der Waals surface area contributed by atoms with Crippen molar-refractivity contribution in [2.24, 2.45) is 0 Å². The molecule has 0 amide bonds. The molecule has 3 heteroatoms. The van der Waals surface area contributed by atoms with Gasteiger partial charge in [0, 0.05) is 39.0 Å². The fourth-order valence-corrected chi connectivity index (χ4v) is 7.97. The van der Waals surface area contributed by atoms with Crippen LogP contribution >= 0.6 is 0 Å². The summed E-state index contributed by atoms with van der Waals surface area (Å²) in [4.78, 5) is 0. The zero-order valence-corrected chi connectivity index (χ0v) is 25.7. The molecule has 2 aliphatic carbocycles. The molecule has 46 heavy (non-hydrogen) atoms. The highest BCUT2D eigenvalue weighted by atomic mass is 15.0. The van der Waals surface area contributed by atoms with Gasteiger partial charge >= 0.3 is 0 Å². The molecule has 2 aliphatic rings. The number of nitriles is 1. The number of hydrogen-bond donors (Lipinski definition) is 0. The molecule has 2 heterocycles. The van der Waals surface area contributed by atoms with Crippen LogP contribution in [0, 0.1) is 11.3 Å². The second-order valence-corrected chi connectivity index (χ2v) is 12.6. The van der Waals surface area contributed by atoms with E-state index in [-0.39, 0.29) is 0 Å². The Morgan fingerprint density at radius 3 is 2.15 bits per heavy atom. The first-order valence-corrected chi connectivity index (χ1v) is 16.4. The van der Waals surface area contributed by atoms with Crippen molar-refractivity contribution in [2.75, 3.05) is 0 Å². The van der Waals surface area contributed by atoms with Crippen LogP contribution in [0.4, 0.5) is 0 Å². The normalized spacial score (nSPS) is 13.9. The zero-order valence-electron chi connectivity index (χ0n) is 25.7. The molecule has 0 saturated carbocycles. The first-order chi connectivity index (χ1) is 22.8. The largest absolute Gasteiger partial charge is 0.313 e. The lowest BCUT2D eigenvalue weighted by Crippen LogP contribution is -2.07. The molecular weight excluding hydrogens is 558 g/mol. The standard InChI is InChI=1S/C43H33N3/c44-28-29-25-31(30-21-23-33(24-22-30)45-40-17-7-2-12-35(40)36-13-3-8-18-41(36)45)27-32(26-29)34-11-1-6-16-39(34)46-42-19-9-4-14-37(42)38-15-5-10-20-43(38)46/h1-4,6-7,9,11-14,16-17,19,21-27H,5,8,10,15,18,20H2. The Bertz CT molecular complexity index is 2370. The number of allylic oxidation sites excluding steroid dienone is 1. The van der Waals surface area contributed by atoms with Crippen LogP contribution in [0.2, 0.25) is 0 Å². The van der Waals surface area contributed by atoms with Gasteiger partial charge in [-0.05, 0) is 109 Å². The van der Waals surface area contributed by atoms with E-state index in [0.717, 1.165) is 47.9 Å². The molecule has 3 nitrogen and oxygen atoms in total. The molecule has 0 fully saturated rings. The van der Waals surface area contributed by atoms with E-state index in [1.807, 2.05) is 12.1 Å². The van der Waals surface area contributed by atoms with E-state index >= 15 is 0 Å². The summed E-state index contributed by atoms with van der Waals surface area (Å²) in [6.45, 7) is 0. The summed E-state index contributed by atoms with van der Waals surface area (Å²) in [5.74, 6) is 0. The van der Waals surface area contributed by atoms with Crippen LogP contribution < -0.4 is 0 Å². The molecule has 9 rings (SSSR count). The molecule has 0 aliphatic heterocycles. The minimum absolute atomic E-state index is 0.669. The van der Waals surface area contributed by atoms with Crippen LogP contribution in [0.3, 0.4) is 0 Å². The van der Waals surface area contributed by atoms with Crippen LogP contribution in [0.15, 0.2) is 121 Å². The molecule has 0 N–H and O–H groups in total. The van der Waals surface area contributed by atoms with Crippen molar-refractivity contribution in [3.05, 3.63) is 149 Å². The number of para-hydroxylation sites is 3. The van der Waals surface area contributed by atoms with Crippen molar-refractivity contribution in [1.29, 1.82) is 5.26 Å². The molecule has 0 spiro atoms. The third-order valence-corrected chi connectivity index (χ3v) is 10.0. The van der Waals surface area contributed by atoms with Crippen LogP contribution in [-0.4, -0.2) is 9.13 Å². The first kappa shape index (κ1) is 26.8. The summed E-state index contributed by atoms with van der Waals surface area (Å²) in [7, 11) is 0. The van der Waals surface area contributed by atoms with Gasteiger partial charge in [0.1, 0.15) is 0 Å². The van der Waals surface area contributed by atoms with E-state index in [4.69, 9.17) is 0 Å². The van der Waals surface area contributed by atoms with E-state index in [1.165, 1.54) is 68.5 Å². The van der Waals surface area contributed by atoms with Gasteiger partial charge in [0.2, 0.25) is 0 Å². The van der Waals surface area contributed by atoms with Crippen molar-refractivity contribution in [1.82, 2.24) is 9.13 Å². The van der Waals surface area contributed by atoms with Gasteiger partial charge < -0.3 is 9.13 Å². The van der Waals surface area contributed by atoms with Crippen LogP contribution in [0.5, 0.6) is 0 Å². The molecule has 0 bridgehead atoms. The average Bonchev–Trinajstić information content (AvgIpc) is 3.65. The van der Waals surface area contributed by atoms with Gasteiger partial charge in [0.15, 0.2) is 0 Å². The van der Waals surface area contributed by atoms with Crippen molar-refractivity contribution >= 4 is 27.9 Å². The summed E-state index contributed by atoms with van der Waals surface area (Å²) in [5, 5.41) is 12.8. The monoisotopic (exact) mass is 591 g/mol. The van der Waals surface area contributed by atoms with Gasteiger partial charge in [-0.2, -0.15) is 5.26 Å². The second-order valence-electron chi connectivity index (χ2n) is 12.6. The van der Waals surface area contributed by atoms with E-state index in [0.29, 0.717) is 5.56 Å². The van der Waals surface area contributed by atoms with E-state index in [2.05, 4.69) is 130 Å². The van der Waals surface area contributed by atoms with Gasteiger partial charge in [-0.15, -0.1) is 0 Å². The molecule has 0 unspecified atom stereocenters. The number of aromatic nitrogens is 2. The number of hydrogen-bond acceptors (Lipinski definition) is 1. The molecule has 0 radical (unpaired) electrons. The van der Waals surface area contributed by atoms with Crippen molar-refractivity contribution in [3.63, 3.8) is 0 Å². The summed E-state index contributed by atoms with van der Waals surface area (Å²) in [5.41, 5.74) is 15.5. The molecule has 7 aromatic rings. The Labute approximate surface area is 269 Å². The Hall–Kier alpha value is -5.59. The lowest BCUT2D eigenvalue weighted by molar-refractivity contribution is 0.667. The third kappa shape index (κ3) is 4.18. The van der Waals surface area contributed by atoms with Gasteiger partial charge in [-0.25, -0.2) is 0 Å². The molecule has 220 valence electrons. The third-order valence-electron chi connectivity index (χ3n) is 10.0. The first-order valence-electron chi connectivity index (χ1n) is 16.4. The van der Waals surface area contributed by atoms with E-state index in [1.54, 1.807) is 0 Å². The maximum absolute atomic E-state index is 10.2. The fourth-order valence-electron chi connectivity index (χ4n) is 7.97. The van der Waals surface area contributed by atoms with Crippen LogP contribution in [0.25, 0.3) is 61.5 Å². The van der Waals surface area contributed by atoms with Crippen molar-refractivity contribution in [2.45, 2.75) is 38.5 Å². The summed E-state index contributed by atoms with van der Waals surface area (Å²) < 4.78 is 4.91. The lowest BCUT2D eigenvalue weighted by atomic mass is 9.94. The maximum Gasteiger partial charge on any atom is 0.0992 e. The molecular formula is C43H33N3. The van der Waals surface area contributed by atoms with E-state index < -0.39 is 0 Å². The highest BCUT2D eigenvalue weighted by Crippen LogP contribution is 2.39. The SMILES string of the molecule is N#Cc1cc(-c2ccc(-n3c4c(c5ccccc53)C=CCC4)cc2)cc(-c2ccccc2-n2c3c(c4ccccc42)CCCC3)c1. The van der Waals surface area contributed by atoms with Crippen LogP contribution in [-0.2, 0) is 19.3 Å². The minimum atomic E-state index is 0.669. The maximum atomic E-state index is 10.2. The Kier molecular flexibility index (Phi) is 6.28. The lowest BCUT2D eigenvalue weighted by Gasteiger charge is -2.19. The summed E-state index contributed by atoms with van der Waals surface area (Å²) in [6.07, 6.45) is 11.4. The highest BCUT2D eigenvalue weighted by molar-refractivity contribution is 5.94. The topological polar surface area (TPSA) is 33.6 Å². The van der Waals surface area contributed by atoms with Crippen LogP contribution in [0.1, 0.15) is 47.3 Å². The van der Waals surface area contributed by atoms with Crippen molar-refractivity contribution in [3.8, 4) is 39.7 Å². The smallest absolute Gasteiger partial charge is 0.0992 e. The predicted octanol–water partition coefficient (Wildman–Crippen LogP) is 10.6. The number of benzene rings is 5. The summed E-state index contributed by atoms with van der Waals surface area (Å²) in [6, 6.07) is 43.9. The number of aryl methyl sites for hydroxylation is 1. The minimum Gasteiger partial charge on any atom is -0.313 e.